The number of benzene rings is 2. The van der Waals surface area contributed by atoms with Crippen LogP contribution in [0.2, 0.25) is 0 Å². The van der Waals surface area contributed by atoms with Crippen LogP contribution in [0.5, 0.6) is 0 Å². The lowest BCUT2D eigenvalue weighted by Crippen LogP contribution is -2.15. The third-order valence-corrected chi connectivity index (χ3v) is 4.79. The Morgan fingerprint density at radius 3 is 2.30 bits per heavy atom. The van der Waals surface area contributed by atoms with Crippen molar-refractivity contribution in [3.63, 3.8) is 0 Å². The van der Waals surface area contributed by atoms with E-state index in [2.05, 4.69) is 20.7 Å². The molecule has 0 saturated heterocycles. The van der Waals surface area contributed by atoms with E-state index < -0.39 is 21.7 Å². The third kappa shape index (κ3) is 3.07. The summed E-state index contributed by atoms with van der Waals surface area (Å²) >= 11 is 2.96. The molecule has 0 atom stereocenters. The first-order valence-electron chi connectivity index (χ1n) is 5.32. The van der Waals surface area contributed by atoms with Crippen LogP contribution in [0.25, 0.3) is 0 Å². The second-order valence-corrected chi connectivity index (χ2v) is 6.42. The highest BCUT2D eigenvalue weighted by molar-refractivity contribution is 9.10. The van der Waals surface area contributed by atoms with Gasteiger partial charge in [0.25, 0.3) is 10.0 Å². The Bertz CT molecular complexity index is 766. The lowest BCUT2D eigenvalue weighted by molar-refractivity contribution is 0.598. The minimum atomic E-state index is -4.01. The van der Waals surface area contributed by atoms with Crippen LogP contribution in [0.3, 0.4) is 0 Å². The first kappa shape index (κ1) is 14.7. The van der Waals surface area contributed by atoms with Crippen LogP contribution in [-0.2, 0) is 10.0 Å². The minimum Gasteiger partial charge on any atom is -0.397 e. The summed E-state index contributed by atoms with van der Waals surface area (Å²) in [4.78, 5) is -0.178. The highest BCUT2D eigenvalue weighted by atomic mass is 79.9. The van der Waals surface area contributed by atoms with Crippen molar-refractivity contribution in [3.8, 4) is 0 Å². The van der Waals surface area contributed by atoms with E-state index in [1.807, 2.05) is 0 Å². The second kappa shape index (κ2) is 5.37. The van der Waals surface area contributed by atoms with Gasteiger partial charge in [0.15, 0.2) is 0 Å². The molecule has 3 N–H and O–H groups in total. The molecule has 0 heterocycles. The molecule has 0 aliphatic heterocycles. The second-order valence-electron chi connectivity index (χ2n) is 3.91. The van der Waals surface area contributed by atoms with Gasteiger partial charge in [0.1, 0.15) is 16.5 Å². The summed E-state index contributed by atoms with van der Waals surface area (Å²) in [5.41, 5.74) is 5.57. The molecule has 2 aromatic rings. The van der Waals surface area contributed by atoms with Gasteiger partial charge in [-0.2, -0.15) is 0 Å². The fraction of sp³-hybridized carbons (Fsp3) is 0. The average Bonchev–Trinajstić information content (AvgIpc) is 2.33. The molecule has 0 saturated carbocycles. The summed E-state index contributed by atoms with van der Waals surface area (Å²) in [5.74, 6) is -1.21. The van der Waals surface area contributed by atoms with Gasteiger partial charge < -0.3 is 5.73 Å². The SMILES string of the molecule is Nc1ccc(F)cc1NS(=O)(=O)c1ccc(F)cc1Br. The number of sulfonamides is 1. The van der Waals surface area contributed by atoms with E-state index in [1.165, 1.54) is 6.07 Å². The van der Waals surface area contributed by atoms with E-state index in [0.29, 0.717) is 0 Å². The molecule has 106 valence electrons. The number of rotatable bonds is 3. The fourth-order valence-electron chi connectivity index (χ4n) is 1.51. The van der Waals surface area contributed by atoms with Crippen LogP contribution in [-0.4, -0.2) is 8.42 Å². The summed E-state index contributed by atoms with van der Waals surface area (Å²) in [6, 6.07) is 6.44. The number of nitrogens with two attached hydrogens (primary N) is 1. The lowest BCUT2D eigenvalue weighted by Gasteiger charge is -2.11. The molecule has 0 bridgehead atoms. The van der Waals surface area contributed by atoms with Gasteiger partial charge in [-0.15, -0.1) is 0 Å². The maximum Gasteiger partial charge on any atom is 0.263 e. The average molecular weight is 363 g/mol. The van der Waals surface area contributed by atoms with E-state index in [0.717, 1.165) is 30.3 Å². The van der Waals surface area contributed by atoms with Crippen molar-refractivity contribution in [1.29, 1.82) is 0 Å². The van der Waals surface area contributed by atoms with Crippen LogP contribution in [0.1, 0.15) is 0 Å². The molecule has 0 fully saturated rings. The molecule has 4 nitrogen and oxygen atoms in total. The van der Waals surface area contributed by atoms with Crippen molar-refractivity contribution in [1.82, 2.24) is 0 Å². The van der Waals surface area contributed by atoms with Crippen LogP contribution in [0, 0.1) is 11.6 Å². The molecule has 0 radical (unpaired) electrons. The molecule has 0 aliphatic carbocycles. The Kier molecular flexibility index (Phi) is 3.96. The van der Waals surface area contributed by atoms with Crippen molar-refractivity contribution in [2.24, 2.45) is 0 Å². The van der Waals surface area contributed by atoms with Crippen molar-refractivity contribution in [2.75, 3.05) is 10.5 Å². The zero-order valence-corrected chi connectivity index (χ0v) is 12.3. The van der Waals surface area contributed by atoms with Gasteiger partial charge in [0.2, 0.25) is 0 Å². The van der Waals surface area contributed by atoms with Gasteiger partial charge in [-0.25, -0.2) is 17.2 Å². The quantitative estimate of drug-likeness (QED) is 0.824. The topological polar surface area (TPSA) is 72.2 Å². The van der Waals surface area contributed by atoms with Crippen molar-refractivity contribution in [3.05, 3.63) is 52.5 Å². The zero-order valence-electron chi connectivity index (χ0n) is 9.90. The van der Waals surface area contributed by atoms with Crippen LogP contribution >= 0.6 is 15.9 Å². The van der Waals surface area contributed by atoms with E-state index in [9.17, 15) is 17.2 Å². The minimum absolute atomic E-state index is 0.0555. The van der Waals surface area contributed by atoms with E-state index in [4.69, 9.17) is 5.73 Å². The lowest BCUT2D eigenvalue weighted by atomic mass is 10.3. The van der Waals surface area contributed by atoms with Crippen LogP contribution in [0.4, 0.5) is 20.2 Å². The zero-order chi connectivity index (χ0) is 14.9. The normalized spacial score (nSPS) is 11.3. The van der Waals surface area contributed by atoms with Gasteiger partial charge in [0.05, 0.1) is 11.4 Å². The Morgan fingerprint density at radius 2 is 1.65 bits per heavy atom. The Labute approximate surface area is 122 Å². The number of nitrogen functional groups attached to an aromatic ring is 1. The maximum atomic E-state index is 13.1. The summed E-state index contributed by atoms with van der Waals surface area (Å²) in [6.07, 6.45) is 0. The van der Waals surface area contributed by atoms with Crippen molar-refractivity contribution < 1.29 is 17.2 Å². The van der Waals surface area contributed by atoms with Gasteiger partial charge in [-0.1, -0.05) is 0 Å². The smallest absolute Gasteiger partial charge is 0.263 e. The van der Waals surface area contributed by atoms with E-state index in [-0.39, 0.29) is 20.7 Å². The molecule has 0 spiro atoms. The first-order valence-corrected chi connectivity index (χ1v) is 7.60. The number of hydrogen-bond donors (Lipinski definition) is 2. The predicted octanol–water partition coefficient (Wildman–Crippen LogP) is 3.11. The third-order valence-electron chi connectivity index (χ3n) is 2.44. The number of halogens is 3. The molecule has 0 aromatic heterocycles. The molecule has 0 unspecified atom stereocenters. The summed E-state index contributed by atoms with van der Waals surface area (Å²) in [6.45, 7) is 0. The molecule has 0 aliphatic rings. The summed E-state index contributed by atoms with van der Waals surface area (Å²) in [7, 11) is -4.01. The standard InChI is InChI=1S/C12H9BrF2N2O2S/c13-9-5-7(14)2-4-12(9)20(18,19)17-11-6-8(15)1-3-10(11)16/h1-6,17H,16H2. The molecule has 20 heavy (non-hydrogen) atoms. The molecule has 0 amide bonds. The highest BCUT2D eigenvalue weighted by Crippen LogP contribution is 2.27. The summed E-state index contributed by atoms with van der Waals surface area (Å²) < 4.78 is 52.6. The molecular weight excluding hydrogens is 354 g/mol. The number of anilines is 2. The maximum absolute atomic E-state index is 13.1. The van der Waals surface area contributed by atoms with Crippen LogP contribution in [0.15, 0.2) is 45.8 Å². The Balaban J connectivity index is 2.43. The van der Waals surface area contributed by atoms with Gasteiger partial charge in [-0.3, -0.25) is 4.72 Å². The Morgan fingerprint density at radius 1 is 1.05 bits per heavy atom. The first-order chi connectivity index (χ1) is 9.29. The fourth-order valence-corrected chi connectivity index (χ4v) is 3.64. The largest absolute Gasteiger partial charge is 0.397 e. The van der Waals surface area contributed by atoms with E-state index in [1.54, 1.807) is 0 Å². The summed E-state index contributed by atoms with van der Waals surface area (Å²) in [5, 5.41) is 0. The number of hydrogen-bond acceptors (Lipinski definition) is 3. The monoisotopic (exact) mass is 362 g/mol. The van der Waals surface area contributed by atoms with Gasteiger partial charge in [-0.05, 0) is 46.3 Å². The Hall–Kier alpha value is -1.67. The van der Waals surface area contributed by atoms with Gasteiger partial charge in [0, 0.05) is 10.5 Å². The van der Waals surface area contributed by atoms with E-state index >= 15 is 0 Å². The molecule has 2 rings (SSSR count). The number of nitrogens with one attached hydrogen (secondary N) is 1. The molecular formula is C12H9BrF2N2O2S. The predicted molar refractivity (Wildman–Crippen MR) is 75.7 cm³/mol. The van der Waals surface area contributed by atoms with Gasteiger partial charge >= 0.3 is 0 Å². The highest BCUT2D eigenvalue weighted by Gasteiger charge is 2.19. The van der Waals surface area contributed by atoms with Crippen LogP contribution < -0.4 is 10.5 Å². The van der Waals surface area contributed by atoms with Crippen molar-refractivity contribution >= 4 is 37.3 Å². The van der Waals surface area contributed by atoms with Crippen molar-refractivity contribution in [2.45, 2.75) is 4.90 Å². The molecule has 2 aromatic carbocycles. The molecule has 8 heteroatoms.